The van der Waals surface area contributed by atoms with Gasteiger partial charge in [0, 0.05) is 10.8 Å². The zero-order chi connectivity index (χ0) is 24.1. The summed E-state index contributed by atoms with van der Waals surface area (Å²) < 4.78 is 15.8. The molecule has 9 nitrogen and oxygen atoms in total. The van der Waals surface area contributed by atoms with Gasteiger partial charge >= 0.3 is 4.87 Å². The van der Waals surface area contributed by atoms with Crippen molar-refractivity contribution in [3.05, 3.63) is 56.5 Å². The second kappa shape index (κ2) is 8.41. The number of phenols is 1. The normalized spacial score (nSPS) is 21.3. The highest BCUT2D eigenvalue weighted by molar-refractivity contribution is 8.00. The van der Waals surface area contributed by atoms with Crippen LogP contribution in [-0.2, 0) is 9.59 Å². The Bertz CT molecular complexity index is 1320. The van der Waals surface area contributed by atoms with Crippen molar-refractivity contribution in [1.29, 1.82) is 0 Å². The molecular formula is C23H20N2O7S2. The summed E-state index contributed by atoms with van der Waals surface area (Å²) >= 11 is 2.20. The Morgan fingerprint density at radius 3 is 2.18 bits per heavy atom. The molecule has 3 atom stereocenters. The first-order valence-electron chi connectivity index (χ1n) is 10.2. The molecule has 0 bridgehead atoms. The lowest BCUT2D eigenvalue weighted by molar-refractivity contribution is -0.122. The molecule has 3 aromatic rings. The van der Waals surface area contributed by atoms with Gasteiger partial charge in [-0.1, -0.05) is 23.1 Å². The number of benzene rings is 2. The maximum atomic E-state index is 13.7. The van der Waals surface area contributed by atoms with Gasteiger partial charge in [0.2, 0.25) is 17.6 Å². The molecule has 0 aliphatic carbocycles. The number of nitrogens with one attached hydrogen (secondary N) is 1. The fourth-order valence-electron chi connectivity index (χ4n) is 4.46. The van der Waals surface area contributed by atoms with Crippen molar-refractivity contribution in [2.24, 2.45) is 5.92 Å². The number of thiazole rings is 1. The van der Waals surface area contributed by atoms with E-state index in [1.165, 1.54) is 38.0 Å². The quantitative estimate of drug-likeness (QED) is 0.514. The Kier molecular flexibility index (Phi) is 5.53. The number of carbonyl (C=O) groups is 2. The molecule has 11 heteroatoms. The van der Waals surface area contributed by atoms with Gasteiger partial charge in [-0.2, -0.15) is 0 Å². The van der Waals surface area contributed by atoms with Crippen molar-refractivity contribution in [3.8, 4) is 23.0 Å². The molecule has 1 saturated heterocycles. The number of carbonyl (C=O) groups excluding carboxylic acids is 2. The molecule has 34 heavy (non-hydrogen) atoms. The first-order valence-corrected chi connectivity index (χ1v) is 11.9. The van der Waals surface area contributed by atoms with Crippen LogP contribution in [0.4, 0.5) is 5.69 Å². The Labute approximate surface area is 202 Å². The first kappa shape index (κ1) is 22.4. The number of thioether (sulfide) groups is 1. The second-order valence-corrected chi connectivity index (χ2v) is 9.90. The number of anilines is 1. The third-order valence-electron chi connectivity index (χ3n) is 6.02. The van der Waals surface area contributed by atoms with Crippen molar-refractivity contribution in [2.45, 2.75) is 16.2 Å². The van der Waals surface area contributed by atoms with Gasteiger partial charge in [-0.15, -0.1) is 0 Å². The summed E-state index contributed by atoms with van der Waals surface area (Å²) in [5.74, 6) is -1.34. The summed E-state index contributed by atoms with van der Waals surface area (Å²) in [4.78, 5) is 43.8. The van der Waals surface area contributed by atoms with Crippen molar-refractivity contribution in [3.63, 3.8) is 0 Å². The van der Waals surface area contributed by atoms with Gasteiger partial charge in [-0.3, -0.25) is 14.4 Å². The fraction of sp³-hybridized carbons (Fsp3) is 0.261. The van der Waals surface area contributed by atoms with E-state index in [1.54, 1.807) is 36.4 Å². The largest absolute Gasteiger partial charge is 0.502 e. The van der Waals surface area contributed by atoms with Crippen LogP contribution >= 0.6 is 23.1 Å². The minimum atomic E-state index is -0.766. The summed E-state index contributed by atoms with van der Waals surface area (Å²) in [6.45, 7) is 0. The van der Waals surface area contributed by atoms with Crippen LogP contribution in [0.1, 0.15) is 16.4 Å². The highest BCUT2D eigenvalue weighted by Crippen LogP contribution is 2.54. The van der Waals surface area contributed by atoms with Gasteiger partial charge in [0.15, 0.2) is 11.5 Å². The number of aromatic nitrogens is 1. The molecule has 0 saturated carbocycles. The molecule has 2 aliphatic heterocycles. The number of nitrogens with zero attached hydrogens (tertiary/aromatic N) is 1. The standard InChI is InChI=1S/C23H20N2O7S2/c1-30-12-6-4-11(5-7-12)25-21(27)16-15(10-8-13(31-2)17(26)14(9-10)32-3)18-20(24-23(29)34-18)33-19(16)22(25)28/h4-9,15-16,19,26H,1-3H3,(H,24,29)/t15-,16?,19?/m1/s1. The summed E-state index contributed by atoms with van der Waals surface area (Å²) in [7, 11) is 4.36. The highest BCUT2D eigenvalue weighted by Gasteiger charge is 2.56. The van der Waals surface area contributed by atoms with E-state index >= 15 is 0 Å². The van der Waals surface area contributed by atoms with E-state index < -0.39 is 17.1 Å². The van der Waals surface area contributed by atoms with E-state index in [2.05, 4.69) is 4.98 Å². The lowest BCUT2D eigenvalue weighted by atomic mass is 9.83. The Hall–Kier alpha value is -3.44. The monoisotopic (exact) mass is 500 g/mol. The van der Waals surface area contributed by atoms with Gasteiger partial charge in [0.25, 0.3) is 0 Å². The van der Waals surface area contributed by atoms with E-state index in [9.17, 15) is 19.5 Å². The average molecular weight is 501 g/mol. The Morgan fingerprint density at radius 2 is 1.59 bits per heavy atom. The molecule has 2 N–H and O–H groups in total. The van der Waals surface area contributed by atoms with Gasteiger partial charge < -0.3 is 24.3 Å². The molecule has 0 radical (unpaired) electrons. The third kappa shape index (κ3) is 3.34. The summed E-state index contributed by atoms with van der Waals surface area (Å²) in [6.07, 6.45) is 0. The SMILES string of the molecule is COc1ccc(N2C(=O)C3Sc4[nH]c(=O)sc4[C@H](c4cc(OC)c(O)c(OC)c4)C3C2=O)cc1. The topological polar surface area (TPSA) is 118 Å². The molecule has 2 aliphatic rings. The number of imide groups is 1. The molecule has 0 spiro atoms. The molecule has 2 aromatic carbocycles. The maximum Gasteiger partial charge on any atom is 0.305 e. The van der Waals surface area contributed by atoms with Crippen molar-refractivity contribution in [2.75, 3.05) is 26.2 Å². The molecule has 1 aromatic heterocycles. The van der Waals surface area contributed by atoms with Crippen LogP contribution in [0.15, 0.2) is 46.2 Å². The average Bonchev–Trinajstić information content (AvgIpc) is 3.33. The molecule has 1 fully saturated rings. The number of hydrogen-bond donors (Lipinski definition) is 2. The maximum absolute atomic E-state index is 13.7. The summed E-state index contributed by atoms with van der Waals surface area (Å²) in [6, 6.07) is 9.92. The molecular weight excluding hydrogens is 480 g/mol. The third-order valence-corrected chi connectivity index (χ3v) is 8.42. The zero-order valence-electron chi connectivity index (χ0n) is 18.4. The minimum absolute atomic E-state index is 0.164. The van der Waals surface area contributed by atoms with E-state index in [1.807, 2.05) is 0 Å². The number of phenolic OH excluding ortho intramolecular Hbond substituents is 1. The van der Waals surface area contributed by atoms with Crippen molar-refractivity contribution < 1.29 is 28.9 Å². The Balaban J connectivity index is 1.66. The number of methoxy groups -OCH3 is 3. The number of fused-ring (bicyclic) bond motifs is 2. The molecule has 3 heterocycles. The number of hydrogen-bond acceptors (Lipinski definition) is 9. The zero-order valence-corrected chi connectivity index (χ0v) is 20.0. The van der Waals surface area contributed by atoms with Crippen LogP contribution < -0.4 is 24.0 Å². The predicted molar refractivity (Wildman–Crippen MR) is 127 cm³/mol. The summed E-state index contributed by atoms with van der Waals surface area (Å²) in [5.41, 5.74) is 1.04. The van der Waals surface area contributed by atoms with Crippen LogP contribution in [0.5, 0.6) is 23.0 Å². The van der Waals surface area contributed by atoms with Crippen LogP contribution in [0.25, 0.3) is 0 Å². The van der Waals surface area contributed by atoms with E-state index in [0.717, 1.165) is 11.3 Å². The number of aromatic amines is 1. The fourth-order valence-corrected chi connectivity index (χ4v) is 6.97. The van der Waals surface area contributed by atoms with E-state index in [-0.39, 0.29) is 33.9 Å². The van der Waals surface area contributed by atoms with Gasteiger partial charge in [-0.25, -0.2) is 4.90 Å². The predicted octanol–water partition coefficient (Wildman–Crippen LogP) is 2.96. The summed E-state index contributed by atoms with van der Waals surface area (Å²) in [5, 5.41) is 10.2. The second-order valence-electron chi connectivity index (χ2n) is 7.73. The number of rotatable bonds is 5. The molecule has 5 rings (SSSR count). The van der Waals surface area contributed by atoms with E-state index in [0.29, 0.717) is 26.9 Å². The van der Waals surface area contributed by atoms with Crippen LogP contribution in [0.2, 0.25) is 0 Å². The van der Waals surface area contributed by atoms with Crippen molar-refractivity contribution >= 4 is 40.6 Å². The highest BCUT2D eigenvalue weighted by atomic mass is 32.2. The van der Waals surface area contributed by atoms with Crippen molar-refractivity contribution in [1.82, 2.24) is 4.98 Å². The number of H-pyrrole nitrogens is 1. The molecule has 2 amide bonds. The van der Waals surface area contributed by atoms with Crippen LogP contribution in [-0.4, -0.2) is 48.5 Å². The van der Waals surface area contributed by atoms with Gasteiger partial charge in [0.1, 0.15) is 11.0 Å². The van der Waals surface area contributed by atoms with E-state index in [4.69, 9.17) is 14.2 Å². The number of ether oxygens (including phenoxy) is 3. The lowest BCUT2D eigenvalue weighted by Gasteiger charge is -2.30. The number of amides is 2. The smallest absolute Gasteiger partial charge is 0.305 e. The first-order chi connectivity index (χ1) is 16.4. The van der Waals surface area contributed by atoms with Gasteiger partial charge in [0.05, 0.1) is 38.0 Å². The Morgan fingerprint density at radius 1 is 0.941 bits per heavy atom. The minimum Gasteiger partial charge on any atom is -0.502 e. The molecule has 176 valence electrons. The molecule has 2 unspecified atom stereocenters. The number of aromatic hydroxyl groups is 1. The van der Waals surface area contributed by atoms with Gasteiger partial charge in [-0.05, 0) is 42.0 Å². The lowest BCUT2D eigenvalue weighted by Crippen LogP contribution is -2.32. The van der Waals surface area contributed by atoms with Crippen LogP contribution in [0.3, 0.4) is 0 Å². The van der Waals surface area contributed by atoms with Crippen LogP contribution in [0, 0.1) is 5.92 Å².